The summed E-state index contributed by atoms with van der Waals surface area (Å²) in [6, 6.07) is 7.80. The van der Waals surface area contributed by atoms with Crippen LogP contribution < -0.4 is 15.2 Å². The fourth-order valence-corrected chi connectivity index (χ4v) is 3.30. The van der Waals surface area contributed by atoms with Gasteiger partial charge >= 0.3 is 5.97 Å². The Morgan fingerprint density at radius 1 is 1.12 bits per heavy atom. The first-order chi connectivity index (χ1) is 12.3. The largest absolute Gasteiger partial charge is 0.496 e. The highest BCUT2D eigenvalue weighted by Crippen LogP contribution is 2.36. The molecule has 0 aliphatic rings. The molecule has 140 valence electrons. The highest BCUT2D eigenvalue weighted by molar-refractivity contribution is 6.40. The average Bonchev–Trinajstić information content (AvgIpc) is 2.60. The first-order valence-corrected chi connectivity index (χ1v) is 8.75. The van der Waals surface area contributed by atoms with E-state index in [9.17, 15) is 4.79 Å². The molecule has 0 bridgehead atoms. The van der Waals surface area contributed by atoms with Crippen molar-refractivity contribution < 1.29 is 19.0 Å². The molecule has 0 aliphatic heterocycles. The van der Waals surface area contributed by atoms with E-state index in [4.69, 9.17) is 50.0 Å². The number of ether oxygens (including phenoxy) is 3. The normalized spacial score (nSPS) is 11.8. The quantitative estimate of drug-likeness (QED) is 0.680. The fraction of sp³-hybridized carbons (Fsp3) is 0.278. The van der Waals surface area contributed by atoms with Crippen LogP contribution in [-0.2, 0) is 22.6 Å². The number of rotatable bonds is 7. The number of carbonyl (C=O) groups excluding carboxylic acids is 1. The second-order valence-electron chi connectivity index (χ2n) is 5.47. The molecular weight excluding hydrogens is 401 g/mol. The van der Waals surface area contributed by atoms with Crippen molar-refractivity contribution in [2.75, 3.05) is 14.2 Å². The monoisotopic (exact) mass is 417 g/mol. The summed E-state index contributed by atoms with van der Waals surface area (Å²) >= 11 is 18.2. The van der Waals surface area contributed by atoms with Crippen molar-refractivity contribution >= 4 is 40.8 Å². The van der Waals surface area contributed by atoms with E-state index < -0.39 is 12.0 Å². The van der Waals surface area contributed by atoms with Crippen molar-refractivity contribution in [1.29, 1.82) is 0 Å². The van der Waals surface area contributed by atoms with Gasteiger partial charge in [0.1, 0.15) is 18.4 Å². The van der Waals surface area contributed by atoms with Gasteiger partial charge in [0.25, 0.3) is 0 Å². The van der Waals surface area contributed by atoms with Crippen LogP contribution in [-0.4, -0.2) is 26.2 Å². The van der Waals surface area contributed by atoms with Gasteiger partial charge in [-0.25, -0.2) is 0 Å². The van der Waals surface area contributed by atoms with E-state index in [0.717, 1.165) is 11.1 Å². The highest BCUT2D eigenvalue weighted by Gasteiger charge is 2.16. The van der Waals surface area contributed by atoms with Crippen LogP contribution in [0.1, 0.15) is 11.1 Å². The fourth-order valence-electron chi connectivity index (χ4n) is 2.38. The summed E-state index contributed by atoms with van der Waals surface area (Å²) in [6.45, 7) is 0.158. The van der Waals surface area contributed by atoms with Crippen LogP contribution in [0.2, 0.25) is 15.1 Å². The van der Waals surface area contributed by atoms with Gasteiger partial charge in [0, 0.05) is 10.6 Å². The Bertz CT molecular complexity index is 775. The Morgan fingerprint density at radius 2 is 1.77 bits per heavy atom. The lowest BCUT2D eigenvalue weighted by Crippen LogP contribution is -2.33. The average molecular weight is 419 g/mol. The van der Waals surface area contributed by atoms with E-state index in [-0.39, 0.29) is 6.61 Å². The molecule has 2 rings (SSSR count). The number of hydrogen-bond acceptors (Lipinski definition) is 5. The van der Waals surface area contributed by atoms with Crippen LogP contribution in [0.4, 0.5) is 0 Å². The predicted molar refractivity (Wildman–Crippen MR) is 102 cm³/mol. The third-order valence-electron chi connectivity index (χ3n) is 3.64. The zero-order chi connectivity index (χ0) is 19.3. The van der Waals surface area contributed by atoms with Gasteiger partial charge in [-0.2, -0.15) is 0 Å². The summed E-state index contributed by atoms with van der Waals surface area (Å²) in [6.07, 6.45) is 0.326. The van der Waals surface area contributed by atoms with Gasteiger partial charge in [-0.15, -0.1) is 0 Å². The second kappa shape index (κ2) is 9.33. The summed E-state index contributed by atoms with van der Waals surface area (Å²) in [5.74, 6) is 0.483. The Kier molecular flexibility index (Phi) is 7.41. The van der Waals surface area contributed by atoms with Gasteiger partial charge in [0.2, 0.25) is 0 Å². The number of methoxy groups -OCH3 is 2. The van der Waals surface area contributed by atoms with Crippen LogP contribution in [0, 0.1) is 0 Å². The van der Waals surface area contributed by atoms with Crippen LogP contribution in [0.3, 0.4) is 0 Å². The topological polar surface area (TPSA) is 70.8 Å². The smallest absolute Gasteiger partial charge is 0.322 e. The molecule has 2 aromatic carbocycles. The first-order valence-electron chi connectivity index (χ1n) is 7.62. The Morgan fingerprint density at radius 3 is 2.35 bits per heavy atom. The van der Waals surface area contributed by atoms with E-state index in [1.807, 2.05) is 12.1 Å². The molecular formula is C18H18Cl3NO4. The third kappa shape index (κ3) is 5.17. The minimum atomic E-state index is -0.748. The molecule has 1 unspecified atom stereocenters. The minimum absolute atomic E-state index is 0.158. The van der Waals surface area contributed by atoms with E-state index in [1.165, 1.54) is 7.11 Å². The molecule has 2 aromatic rings. The van der Waals surface area contributed by atoms with E-state index in [1.54, 1.807) is 25.3 Å². The van der Waals surface area contributed by atoms with Gasteiger partial charge in [0.15, 0.2) is 5.75 Å². The number of halogens is 3. The van der Waals surface area contributed by atoms with Crippen molar-refractivity contribution in [2.45, 2.75) is 19.1 Å². The van der Waals surface area contributed by atoms with Crippen molar-refractivity contribution in [3.63, 3.8) is 0 Å². The minimum Gasteiger partial charge on any atom is -0.496 e. The van der Waals surface area contributed by atoms with Crippen molar-refractivity contribution in [1.82, 2.24) is 0 Å². The number of benzene rings is 2. The number of nitrogens with two attached hydrogens (primary N) is 1. The standard InChI is InChI=1S/C18H18Cl3NO4/c1-24-16-4-3-10(6-15(22)18(23)25-2)5-11(16)9-26-17-13(20)7-12(19)8-14(17)21/h3-5,7-8,15H,6,9,22H2,1-2H3. The van der Waals surface area contributed by atoms with Gasteiger partial charge in [-0.1, -0.05) is 40.9 Å². The maximum absolute atomic E-state index is 11.5. The Hall–Kier alpha value is -1.66. The zero-order valence-electron chi connectivity index (χ0n) is 14.2. The summed E-state index contributed by atoms with van der Waals surface area (Å²) in [4.78, 5) is 11.5. The molecule has 0 spiro atoms. The van der Waals surface area contributed by atoms with Crippen molar-refractivity contribution in [3.8, 4) is 11.5 Å². The molecule has 0 aliphatic carbocycles. The van der Waals surface area contributed by atoms with Crippen molar-refractivity contribution in [2.24, 2.45) is 5.73 Å². The maximum Gasteiger partial charge on any atom is 0.322 e. The molecule has 0 saturated heterocycles. The maximum atomic E-state index is 11.5. The molecule has 26 heavy (non-hydrogen) atoms. The molecule has 0 radical (unpaired) electrons. The molecule has 0 saturated carbocycles. The van der Waals surface area contributed by atoms with E-state index in [0.29, 0.717) is 33.0 Å². The Labute approximate surface area is 166 Å². The third-order valence-corrected chi connectivity index (χ3v) is 4.42. The predicted octanol–water partition coefficient (Wildman–Crippen LogP) is 4.28. The molecule has 2 N–H and O–H groups in total. The lowest BCUT2D eigenvalue weighted by molar-refractivity contribution is -0.142. The summed E-state index contributed by atoms with van der Waals surface area (Å²) in [5.41, 5.74) is 7.41. The number of esters is 1. The highest BCUT2D eigenvalue weighted by atomic mass is 35.5. The molecule has 8 heteroatoms. The van der Waals surface area contributed by atoms with Gasteiger partial charge in [-0.05, 0) is 36.2 Å². The summed E-state index contributed by atoms with van der Waals surface area (Å²) in [7, 11) is 2.86. The molecule has 0 heterocycles. The van der Waals surface area contributed by atoms with Gasteiger partial charge in [-0.3, -0.25) is 4.79 Å². The number of hydrogen-bond donors (Lipinski definition) is 1. The summed E-state index contributed by atoms with van der Waals surface area (Å²) in [5, 5.41) is 1.04. The van der Waals surface area contributed by atoms with Crippen LogP contribution >= 0.6 is 34.8 Å². The van der Waals surface area contributed by atoms with E-state index >= 15 is 0 Å². The summed E-state index contributed by atoms with van der Waals surface area (Å²) < 4.78 is 15.8. The van der Waals surface area contributed by atoms with Crippen LogP contribution in [0.25, 0.3) is 0 Å². The van der Waals surface area contributed by atoms with Crippen molar-refractivity contribution in [3.05, 3.63) is 56.5 Å². The molecule has 0 aromatic heterocycles. The van der Waals surface area contributed by atoms with Crippen LogP contribution in [0.15, 0.2) is 30.3 Å². The lowest BCUT2D eigenvalue weighted by Gasteiger charge is -2.15. The molecule has 0 fully saturated rings. The van der Waals surface area contributed by atoms with Crippen LogP contribution in [0.5, 0.6) is 11.5 Å². The first kappa shape index (κ1) is 20.6. The lowest BCUT2D eigenvalue weighted by atomic mass is 10.0. The zero-order valence-corrected chi connectivity index (χ0v) is 16.5. The Balaban J connectivity index is 2.20. The second-order valence-corrected chi connectivity index (χ2v) is 6.72. The molecule has 5 nitrogen and oxygen atoms in total. The van der Waals surface area contributed by atoms with Gasteiger partial charge < -0.3 is 19.9 Å². The van der Waals surface area contributed by atoms with Gasteiger partial charge in [0.05, 0.1) is 24.3 Å². The molecule has 0 amide bonds. The SMILES string of the molecule is COC(=O)C(N)Cc1ccc(OC)c(COc2c(Cl)cc(Cl)cc2Cl)c1. The number of carbonyl (C=O) groups is 1. The molecule has 1 atom stereocenters. The van der Waals surface area contributed by atoms with E-state index in [2.05, 4.69) is 4.74 Å².